The first-order valence-electron chi connectivity index (χ1n) is 8.98. The third-order valence-electron chi connectivity index (χ3n) is 4.53. The Kier molecular flexibility index (Phi) is 6.12. The second kappa shape index (κ2) is 8.46. The molecule has 0 spiro atoms. The molecule has 1 unspecified atom stereocenters. The summed E-state index contributed by atoms with van der Waals surface area (Å²) in [6, 6.07) is 11.4. The van der Waals surface area contributed by atoms with Gasteiger partial charge in [0.2, 0.25) is 5.91 Å². The fourth-order valence-electron chi connectivity index (χ4n) is 3.03. The minimum atomic E-state index is -4.58. The van der Waals surface area contributed by atoms with Crippen LogP contribution in [0.2, 0.25) is 5.02 Å². The van der Waals surface area contributed by atoms with Crippen molar-refractivity contribution in [3.8, 4) is 5.75 Å². The number of benzene rings is 2. The molecule has 1 fully saturated rings. The third kappa shape index (κ3) is 5.08. The molecule has 1 aliphatic heterocycles. The lowest BCUT2D eigenvalue weighted by atomic mass is 9.92. The topological polar surface area (TPSA) is 87.7 Å². The van der Waals surface area contributed by atoms with Crippen LogP contribution in [0, 0.1) is 0 Å². The maximum atomic E-state index is 12.9. The number of amides is 4. The van der Waals surface area contributed by atoms with Crippen molar-refractivity contribution in [3.05, 3.63) is 59.1 Å². The molecule has 3 rings (SSSR count). The predicted molar refractivity (Wildman–Crippen MR) is 106 cm³/mol. The van der Waals surface area contributed by atoms with Crippen LogP contribution in [-0.4, -0.2) is 42.1 Å². The van der Waals surface area contributed by atoms with E-state index in [1.54, 1.807) is 30.3 Å². The molecule has 4 amide bonds. The summed E-state index contributed by atoms with van der Waals surface area (Å²) in [6.07, 6.45) is -4.58. The van der Waals surface area contributed by atoms with Crippen LogP contribution in [0.5, 0.6) is 5.75 Å². The van der Waals surface area contributed by atoms with Gasteiger partial charge in [-0.15, -0.1) is 0 Å². The Morgan fingerprint density at radius 2 is 1.87 bits per heavy atom. The van der Waals surface area contributed by atoms with Crippen LogP contribution in [0.3, 0.4) is 0 Å². The zero-order valence-corrected chi connectivity index (χ0v) is 16.9. The SMILES string of the molecule is CC1(c2ccccc2)NC(=O)N(CC(=O)Nc2cc(Cl)ccc2OCC(F)(F)F)C1=O. The van der Waals surface area contributed by atoms with E-state index in [1.807, 2.05) is 0 Å². The van der Waals surface area contributed by atoms with Crippen molar-refractivity contribution in [3.63, 3.8) is 0 Å². The van der Waals surface area contributed by atoms with Gasteiger partial charge in [0.15, 0.2) is 6.61 Å². The van der Waals surface area contributed by atoms with Gasteiger partial charge in [-0.1, -0.05) is 41.9 Å². The molecule has 31 heavy (non-hydrogen) atoms. The van der Waals surface area contributed by atoms with E-state index in [2.05, 4.69) is 10.6 Å². The molecular weight excluding hydrogens is 439 g/mol. The maximum absolute atomic E-state index is 12.9. The first-order valence-corrected chi connectivity index (χ1v) is 9.36. The van der Waals surface area contributed by atoms with Crippen LogP contribution in [0.15, 0.2) is 48.5 Å². The second-order valence-corrected chi connectivity index (χ2v) is 7.34. The molecule has 0 bridgehead atoms. The van der Waals surface area contributed by atoms with Gasteiger partial charge in [0, 0.05) is 5.02 Å². The zero-order valence-electron chi connectivity index (χ0n) is 16.1. The number of imide groups is 1. The molecule has 2 N–H and O–H groups in total. The summed E-state index contributed by atoms with van der Waals surface area (Å²) >= 11 is 5.85. The van der Waals surface area contributed by atoms with Crippen molar-refractivity contribution in [2.45, 2.75) is 18.6 Å². The molecule has 2 aromatic rings. The van der Waals surface area contributed by atoms with Crippen molar-refractivity contribution < 1.29 is 32.3 Å². The van der Waals surface area contributed by atoms with Gasteiger partial charge in [-0.05, 0) is 30.7 Å². The number of carbonyl (C=O) groups excluding carboxylic acids is 3. The molecular formula is C20H17ClF3N3O4. The van der Waals surface area contributed by atoms with E-state index < -0.39 is 42.7 Å². The van der Waals surface area contributed by atoms with Crippen LogP contribution in [0.4, 0.5) is 23.7 Å². The first kappa shape index (κ1) is 22.4. The van der Waals surface area contributed by atoms with Gasteiger partial charge >= 0.3 is 12.2 Å². The fraction of sp³-hybridized carbons (Fsp3) is 0.250. The van der Waals surface area contributed by atoms with Gasteiger partial charge in [0.05, 0.1) is 5.69 Å². The largest absolute Gasteiger partial charge is 0.482 e. The lowest BCUT2D eigenvalue weighted by Crippen LogP contribution is -2.42. The first-order chi connectivity index (χ1) is 14.5. The molecule has 0 aliphatic carbocycles. The molecule has 7 nitrogen and oxygen atoms in total. The van der Waals surface area contributed by atoms with Crippen molar-refractivity contribution in [2.75, 3.05) is 18.5 Å². The van der Waals surface area contributed by atoms with Gasteiger partial charge in [-0.25, -0.2) is 4.79 Å². The average Bonchev–Trinajstić information content (AvgIpc) is 2.91. The number of nitrogens with zero attached hydrogens (tertiary/aromatic N) is 1. The normalized spacial score (nSPS) is 18.7. The summed E-state index contributed by atoms with van der Waals surface area (Å²) in [5.41, 5.74) is -0.941. The standard InChI is InChI=1S/C20H17ClF3N3O4/c1-19(12-5-3-2-4-6-12)17(29)27(18(30)26-19)10-16(28)25-14-9-13(21)7-8-15(14)31-11-20(22,23)24/h2-9H,10-11H2,1H3,(H,25,28)(H,26,30). The fourth-order valence-corrected chi connectivity index (χ4v) is 3.20. The molecule has 11 heteroatoms. The molecule has 0 radical (unpaired) electrons. The Balaban J connectivity index is 1.73. The number of anilines is 1. The maximum Gasteiger partial charge on any atom is 0.422 e. The number of urea groups is 1. The van der Waals surface area contributed by atoms with Crippen LogP contribution in [0.1, 0.15) is 12.5 Å². The Morgan fingerprint density at radius 1 is 1.19 bits per heavy atom. The summed E-state index contributed by atoms with van der Waals surface area (Å²) in [7, 11) is 0. The number of ether oxygens (including phenoxy) is 1. The van der Waals surface area contributed by atoms with E-state index in [0.29, 0.717) is 5.56 Å². The summed E-state index contributed by atoms with van der Waals surface area (Å²) in [5.74, 6) is -1.72. The summed E-state index contributed by atoms with van der Waals surface area (Å²) in [5, 5.41) is 5.03. The highest BCUT2D eigenvalue weighted by atomic mass is 35.5. The number of halogens is 4. The van der Waals surface area contributed by atoms with Crippen LogP contribution < -0.4 is 15.4 Å². The van der Waals surface area contributed by atoms with Crippen molar-refractivity contribution in [1.82, 2.24) is 10.2 Å². The van der Waals surface area contributed by atoms with Crippen molar-refractivity contribution in [2.24, 2.45) is 0 Å². The summed E-state index contributed by atoms with van der Waals surface area (Å²) < 4.78 is 42.1. The molecule has 0 aromatic heterocycles. The van der Waals surface area contributed by atoms with Gasteiger partial charge in [0.25, 0.3) is 5.91 Å². The number of hydrogen-bond donors (Lipinski definition) is 2. The van der Waals surface area contributed by atoms with Crippen molar-refractivity contribution in [1.29, 1.82) is 0 Å². The van der Waals surface area contributed by atoms with Crippen LogP contribution >= 0.6 is 11.6 Å². The Labute approximate surface area is 180 Å². The van der Waals surface area contributed by atoms with E-state index in [4.69, 9.17) is 16.3 Å². The number of nitrogens with one attached hydrogen (secondary N) is 2. The minimum absolute atomic E-state index is 0.125. The molecule has 1 saturated heterocycles. The van der Waals surface area contributed by atoms with E-state index in [0.717, 1.165) is 4.90 Å². The Morgan fingerprint density at radius 3 is 2.52 bits per heavy atom. The van der Waals surface area contributed by atoms with E-state index in [1.165, 1.54) is 25.1 Å². The smallest absolute Gasteiger partial charge is 0.422 e. The molecule has 1 atom stereocenters. The average molecular weight is 456 g/mol. The Bertz CT molecular complexity index is 1020. The quantitative estimate of drug-likeness (QED) is 0.650. The number of alkyl halides is 3. The minimum Gasteiger partial charge on any atom is -0.482 e. The van der Waals surface area contributed by atoms with Gasteiger partial charge in [-0.3, -0.25) is 14.5 Å². The lowest BCUT2D eigenvalue weighted by Gasteiger charge is -2.22. The van der Waals surface area contributed by atoms with E-state index in [-0.39, 0.29) is 16.5 Å². The van der Waals surface area contributed by atoms with Gasteiger partial charge < -0.3 is 15.4 Å². The molecule has 0 saturated carbocycles. The van der Waals surface area contributed by atoms with E-state index >= 15 is 0 Å². The number of hydrogen-bond acceptors (Lipinski definition) is 4. The lowest BCUT2D eigenvalue weighted by molar-refractivity contribution is -0.153. The van der Waals surface area contributed by atoms with Gasteiger partial charge in [-0.2, -0.15) is 13.2 Å². The van der Waals surface area contributed by atoms with Crippen LogP contribution in [-0.2, 0) is 15.1 Å². The summed E-state index contributed by atoms with van der Waals surface area (Å²) in [6.45, 7) is -0.710. The highest BCUT2D eigenvalue weighted by molar-refractivity contribution is 6.31. The highest BCUT2D eigenvalue weighted by Crippen LogP contribution is 2.31. The molecule has 1 heterocycles. The van der Waals surface area contributed by atoms with E-state index in [9.17, 15) is 27.6 Å². The number of carbonyl (C=O) groups is 3. The van der Waals surface area contributed by atoms with Crippen LogP contribution in [0.25, 0.3) is 0 Å². The third-order valence-corrected chi connectivity index (χ3v) is 4.77. The highest BCUT2D eigenvalue weighted by Gasteiger charge is 2.49. The molecule has 1 aliphatic rings. The second-order valence-electron chi connectivity index (χ2n) is 6.90. The monoisotopic (exact) mass is 455 g/mol. The molecule has 2 aromatic carbocycles. The predicted octanol–water partition coefficient (Wildman–Crippen LogP) is 3.69. The Hall–Kier alpha value is -3.27. The zero-order chi connectivity index (χ0) is 22.8. The van der Waals surface area contributed by atoms with Crippen molar-refractivity contribution >= 4 is 35.1 Å². The number of rotatable bonds is 6. The van der Waals surface area contributed by atoms with Gasteiger partial charge in [0.1, 0.15) is 17.8 Å². The summed E-state index contributed by atoms with van der Waals surface area (Å²) in [4.78, 5) is 38.4. The molecule has 164 valence electrons.